The topological polar surface area (TPSA) is 48.1 Å². The van der Waals surface area contributed by atoms with Gasteiger partial charge in [0.15, 0.2) is 5.60 Å². The molecule has 0 aliphatic carbocycles. The Kier molecular flexibility index (Phi) is 4.57. The largest absolute Gasteiger partial charge is 0.497 e. The summed E-state index contributed by atoms with van der Waals surface area (Å²) in [5.41, 5.74) is -0.137. The summed E-state index contributed by atoms with van der Waals surface area (Å²) in [6.45, 7) is 6.24. The molecule has 2 rings (SSSR count). The van der Waals surface area contributed by atoms with E-state index in [1.54, 1.807) is 7.11 Å². The number of hydrogen-bond donors (Lipinski definition) is 0. The van der Waals surface area contributed by atoms with Crippen molar-refractivity contribution in [1.82, 2.24) is 0 Å². The summed E-state index contributed by atoms with van der Waals surface area (Å²) in [5.74, 6) is 0.591. The van der Waals surface area contributed by atoms with E-state index in [-0.39, 0.29) is 5.97 Å². The third-order valence-electron chi connectivity index (χ3n) is 4.12. The second kappa shape index (κ2) is 6.06. The number of benzene rings is 1. The zero-order chi connectivity index (χ0) is 15.5. The molecular weight excluding hydrogens is 268 g/mol. The van der Waals surface area contributed by atoms with Crippen molar-refractivity contribution < 1.29 is 19.0 Å². The normalized spacial score (nSPS) is 27.2. The molecule has 1 saturated heterocycles. The van der Waals surface area contributed by atoms with Crippen LogP contribution in [0.4, 0.5) is 0 Å². The smallest absolute Gasteiger partial charge is 0.341 e. The predicted molar refractivity (Wildman–Crippen MR) is 80.5 cm³/mol. The van der Waals surface area contributed by atoms with Gasteiger partial charge in [-0.15, -0.1) is 0 Å². The number of rotatable bonds is 7. The second-order valence-corrected chi connectivity index (χ2v) is 5.66. The van der Waals surface area contributed by atoms with E-state index in [0.29, 0.717) is 19.4 Å². The van der Waals surface area contributed by atoms with Gasteiger partial charge in [-0.1, -0.05) is 25.5 Å². The van der Waals surface area contributed by atoms with Crippen LogP contribution in [0.5, 0.6) is 5.75 Å². The van der Waals surface area contributed by atoms with Crippen LogP contribution in [0.15, 0.2) is 24.3 Å². The van der Waals surface area contributed by atoms with Crippen LogP contribution in [0, 0.1) is 0 Å². The Morgan fingerprint density at radius 2 is 1.90 bits per heavy atom. The first-order valence-corrected chi connectivity index (χ1v) is 7.51. The number of epoxide rings is 1. The number of carbonyl (C=O) groups excluding carboxylic acids is 1. The molecule has 0 bridgehead atoms. The molecule has 1 aromatic carbocycles. The molecule has 1 aliphatic rings. The molecule has 1 heterocycles. The number of esters is 1. The van der Waals surface area contributed by atoms with Crippen LogP contribution in [-0.2, 0) is 20.7 Å². The van der Waals surface area contributed by atoms with Crippen molar-refractivity contribution in [3.8, 4) is 5.75 Å². The molecule has 2 unspecified atom stereocenters. The molecule has 0 radical (unpaired) electrons. The van der Waals surface area contributed by atoms with Crippen molar-refractivity contribution in [1.29, 1.82) is 0 Å². The Hall–Kier alpha value is -1.55. The minimum Gasteiger partial charge on any atom is -0.497 e. The van der Waals surface area contributed by atoms with Gasteiger partial charge in [-0.25, -0.2) is 4.79 Å². The molecule has 4 heteroatoms. The van der Waals surface area contributed by atoms with Crippen LogP contribution in [-0.4, -0.2) is 30.9 Å². The van der Waals surface area contributed by atoms with Gasteiger partial charge in [0.25, 0.3) is 0 Å². The Labute approximate surface area is 126 Å². The van der Waals surface area contributed by atoms with Gasteiger partial charge in [-0.05, 0) is 38.0 Å². The lowest BCUT2D eigenvalue weighted by Crippen LogP contribution is -2.35. The van der Waals surface area contributed by atoms with E-state index in [9.17, 15) is 4.79 Å². The van der Waals surface area contributed by atoms with E-state index in [2.05, 4.69) is 6.92 Å². The summed E-state index contributed by atoms with van der Waals surface area (Å²) >= 11 is 0. The molecule has 1 fully saturated rings. The van der Waals surface area contributed by atoms with Gasteiger partial charge >= 0.3 is 5.97 Å². The number of ether oxygens (including phenoxy) is 3. The zero-order valence-electron chi connectivity index (χ0n) is 13.3. The fraction of sp³-hybridized carbons (Fsp3) is 0.588. The second-order valence-electron chi connectivity index (χ2n) is 5.66. The average Bonchev–Trinajstić information content (AvgIpc) is 3.06. The maximum absolute atomic E-state index is 12.3. The van der Waals surface area contributed by atoms with E-state index in [4.69, 9.17) is 14.2 Å². The number of carbonyl (C=O) groups is 1. The zero-order valence-corrected chi connectivity index (χ0v) is 13.3. The van der Waals surface area contributed by atoms with Crippen LogP contribution >= 0.6 is 0 Å². The minimum atomic E-state index is -0.780. The highest BCUT2D eigenvalue weighted by Crippen LogP contribution is 2.53. The fourth-order valence-electron chi connectivity index (χ4n) is 2.95. The Morgan fingerprint density at radius 1 is 1.24 bits per heavy atom. The van der Waals surface area contributed by atoms with Gasteiger partial charge in [-0.2, -0.15) is 0 Å². The highest BCUT2D eigenvalue weighted by Gasteiger charge is 2.71. The van der Waals surface area contributed by atoms with E-state index in [0.717, 1.165) is 17.7 Å². The predicted octanol–water partition coefficient (Wildman–Crippen LogP) is 3.13. The van der Waals surface area contributed by atoms with Crippen LogP contribution in [0.25, 0.3) is 0 Å². The van der Waals surface area contributed by atoms with E-state index in [1.165, 1.54) is 0 Å². The third kappa shape index (κ3) is 2.91. The highest BCUT2D eigenvalue weighted by molar-refractivity contribution is 5.85. The maximum atomic E-state index is 12.3. The summed E-state index contributed by atoms with van der Waals surface area (Å²) in [7, 11) is 1.65. The van der Waals surface area contributed by atoms with Crippen LogP contribution in [0.1, 0.15) is 39.2 Å². The van der Waals surface area contributed by atoms with Crippen LogP contribution < -0.4 is 4.74 Å². The summed E-state index contributed by atoms with van der Waals surface area (Å²) in [6.07, 6.45) is 2.27. The van der Waals surface area contributed by atoms with Gasteiger partial charge in [0.1, 0.15) is 11.4 Å². The lowest BCUT2D eigenvalue weighted by Gasteiger charge is -2.15. The lowest BCUT2D eigenvalue weighted by molar-refractivity contribution is -0.149. The van der Waals surface area contributed by atoms with Gasteiger partial charge in [0.2, 0.25) is 0 Å². The molecule has 116 valence electrons. The highest BCUT2D eigenvalue weighted by atomic mass is 16.7. The molecule has 21 heavy (non-hydrogen) atoms. The van der Waals surface area contributed by atoms with E-state index < -0.39 is 11.2 Å². The molecule has 1 aromatic rings. The van der Waals surface area contributed by atoms with Crippen molar-refractivity contribution >= 4 is 5.97 Å². The van der Waals surface area contributed by atoms with Gasteiger partial charge in [0, 0.05) is 6.42 Å². The minimum absolute atomic E-state index is 0.233. The molecule has 4 nitrogen and oxygen atoms in total. The SMILES string of the molecule is CCCC1(C(=O)OCC)OC1(C)Cc1ccc(OC)cc1. The Morgan fingerprint density at radius 3 is 2.43 bits per heavy atom. The molecule has 1 aliphatic heterocycles. The van der Waals surface area contributed by atoms with E-state index >= 15 is 0 Å². The summed E-state index contributed by atoms with van der Waals surface area (Å²) in [6, 6.07) is 7.86. The summed E-state index contributed by atoms with van der Waals surface area (Å²) < 4.78 is 16.3. The first-order valence-electron chi connectivity index (χ1n) is 7.51. The third-order valence-corrected chi connectivity index (χ3v) is 4.12. The van der Waals surface area contributed by atoms with Crippen LogP contribution in [0.3, 0.4) is 0 Å². The average molecular weight is 292 g/mol. The first kappa shape index (κ1) is 15.8. The maximum Gasteiger partial charge on any atom is 0.341 e. The molecule has 0 N–H and O–H groups in total. The molecular formula is C17H24O4. The molecule has 0 spiro atoms. The Balaban J connectivity index is 2.12. The number of hydrogen-bond acceptors (Lipinski definition) is 4. The monoisotopic (exact) mass is 292 g/mol. The molecule has 2 atom stereocenters. The standard InChI is InChI=1S/C17H24O4/c1-5-11-17(15(18)20-6-2)16(3,21-17)12-13-7-9-14(19-4)10-8-13/h7-10H,5-6,11-12H2,1-4H3. The van der Waals surface area contributed by atoms with Crippen molar-refractivity contribution in [3.05, 3.63) is 29.8 Å². The van der Waals surface area contributed by atoms with Crippen molar-refractivity contribution in [2.75, 3.05) is 13.7 Å². The van der Waals surface area contributed by atoms with Gasteiger partial charge < -0.3 is 14.2 Å². The van der Waals surface area contributed by atoms with Crippen molar-refractivity contribution in [2.24, 2.45) is 0 Å². The quantitative estimate of drug-likeness (QED) is 0.572. The van der Waals surface area contributed by atoms with Crippen molar-refractivity contribution in [3.63, 3.8) is 0 Å². The van der Waals surface area contributed by atoms with Crippen LogP contribution in [0.2, 0.25) is 0 Å². The fourth-order valence-corrected chi connectivity index (χ4v) is 2.95. The van der Waals surface area contributed by atoms with E-state index in [1.807, 2.05) is 38.1 Å². The van der Waals surface area contributed by atoms with Gasteiger partial charge in [0.05, 0.1) is 13.7 Å². The molecule has 0 saturated carbocycles. The molecule has 0 amide bonds. The summed E-state index contributed by atoms with van der Waals surface area (Å²) in [5, 5.41) is 0. The van der Waals surface area contributed by atoms with Gasteiger partial charge in [-0.3, -0.25) is 0 Å². The Bertz CT molecular complexity index is 496. The lowest BCUT2D eigenvalue weighted by atomic mass is 9.85. The summed E-state index contributed by atoms with van der Waals surface area (Å²) in [4.78, 5) is 12.3. The van der Waals surface area contributed by atoms with Crippen molar-refractivity contribution in [2.45, 2.75) is 51.2 Å². The number of methoxy groups -OCH3 is 1. The molecule has 0 aromatic heterocycles. The first-order chi connectivity index (χ1) is 10.0.